The summed E-state index contributed by atoms with van der Waals surface area (Å²) in [5.74, 6) is 0.0847. The lowest BCUT2D eigenvalue weighted by molar-refractivity contribution is -0.0159. The lowest BCUT2D eigenvalue weighted by Crippen LogP contribution is -2.37. The van der Waals surface area contributed by atoms with Crippen molar-refractivity contribution in [2.24, 2.45) is 0 Å². The van der Waals surface area contributed by atoms with Gasteiger partial charge >= 0.3 is 8.25 Å². The highest BCUT2D eigenvalue weighted by Crippen LogP contribution is 2.32. The molecule has 1 heterocycles. The molecule has 0 aliphatic carbocycles. The van der Waals surface area contributed by atoms with Gasteiger partial charge in [-0.15, -0.1) is 21.0 Å². The lowest BCUT2D eigenvalue weighted by atomic mass is 9.93. The average molecular weight is 283 g/mol. The molecule has 2 radical (unpaired) electrons. The number of hydrogen-bond donors (Lipinski definition) is 2. The van der Waals surface area contributed by atoms with E-state index in [0.29, 0.717) is 6.42 Å². The molecule has 1 saturated heterocycles. The summed E-state index contributed by atoms with van der Waals surface area (Å²) in [6.07, 6.45) is -1.60. The fraction of sp³-hybridized carbons (Fsp3) is 1.00. The summed E-state index contributed by atoms with van der Waals surface area (Å²) < 4.78 is 26.1. The summed E-state index contributed by atoms with van der Waals surface area (Å²) in [6, 6.07) is -0.766. The molecule has 0 bridgehead atoms. The molecule has 0 saturated carbocycles. The van der Waals surface area contributed by atoms with Crippen LogP contribution in [0.3, 0.4) is 0 Å². The molecule has 6 nitrogen and oxygen atoms in total. The maximum absolute atomic E-state index is 10.7. The summed E-state index contributed by atoms with van der Waals surface area (Å²) in [5, 5.41) is 8.63. The van der Waals surface area contributed by atoms with Crippen LogP contribution >= 0.6 is 19.9 Å². The van der Waals surface area contributed by atoms with Crippen molar-refractivity contribution in [3.05, 3.63) is 0 Å². The van der Waals surface area contributed by atoms with Gasteiger partial charge in [0.1, 0.15) is 20.1 Å². The van der Waals surface area contributed by atoms with E-state index in [-0.39, 0.29) is 19.1 Å². The van der Waals surface area contributed by atoms with Crippen LogP contribution in [0.25, 0.3) is 0 Å². The van der Waals surface area contributed by atoms with Crippen molar-refractivity contribution >= 4 is 27.7 Å². The Morgan fingerprint density at radius 3 is 2.71 bits per heavy atom. The van der Waals surface area contributed by atoms with Gasteiger partial charge in [0, 0.05) is 23.8 Å². The molecule has 5 atom stereocenters. The Kier molecular flexibility index (Phi) is 6.88. The van der Waals surface area contributed by atoms with Gasteiger partial charge in [-0.2, -0.15) is 0 Å². The Morgan fingerprint density at radius 1 is 1.47 bits per heavy atom. The van der Waals surface area contributed by atoms with Crippen LogP contribution in [0.1, 0.15) is 6.42 Å². The molecule has 1 aliphatic heterocycles. The first-order valence-electron chi connectivity index (χ1n) is 5.12. The first-order chi connectivity index (χ1) is 8.10. The van der Waals surface area contributed by atoms with Gasteiger partial charge in [-0.1, -0.05) is 0 Å². The van der Waals surface area contributed by atoms with E-state index >= 15 is 0 Å². The number of ether oxygens (including phenoxy) is 2. The molecule has 9 heteroatoms. The van der Waals surface area contributed by atoms with E-state index in [0.717, 1.165) is 0 Å². The van der Waals surface area contributed by atoms with Crippen molar-refractivity contribution in [2.45, 2.75) is 30.7 Å². The zero-order valence-electron chi connectivity index (χ0n) is 9.07. The third kappa shape index (κ3) is 4.45. The van der Waals surface area contributed by atoms with E-state index in [1.807, 2.05) is 0 Å². The van der Waals surface area contributed by atoms with Gasteiger partial charge in [0.2, 0.25) is 0 Å². The van der Waals surface area contributed by atoms with Crippen LogP contribution in [-0.4, -0.2) is 61.3 Å². The first-order valence-corrected chi connectivity index (χ1v) is 6.79. The Bertz CT molecular complexity index is 258. The van der Waals surface area contributed by atoms with Gasteiger partial charge < -0.3 is 14.6 Å². The van der Waals surface area contributed by atoms with Gasteiger partial charge in [0.25, 0.3) is 0 Å². The number of hydrogen-bond acceptors (Lipinski definition) is 5. The van der Waals surface area contributed by atoms with Crippen LogP contribution in [-0.2, 0) is 18.6 Å². The zero-order valence-corrected chi connectivity index (χ0v) is 10.7. The smallest absolute Gasteiger partial charge is 0.396 e. The molecule has 0 spiro atoms. The molecule has 1 aliphatic rings. The van der Waals surface area contributed by atoms with Gasteiger partial charge in [0.05, 0.1) is 5.88 Å². The Hall–Kier alpha value is 0.255. The van der Waals surface area contributed by atoms with Crippen LogP contribution in [0.5, 0.6) is 0 Å². The molecule has 0 aromatic carbocycles. The number of rotatable bonds is 7. The van der Waals surface area contributed by atoms with Gasteiger partial charge in [-0.3, -0.25) is 0 Å². The van der Waals surface area contributed by atoms with Crippen LogP contribution in [0.2, 0.25) is 0 Å². The summed E-state index contributed by atoms with van der Waals surface area (Å²) in [7, 11) is 2.89. The number of alkyl halides is 1. The Morgan fingerprint density at radius 2 is 2.18 bits per heavy atom. The molecule has 17 heavy (non-hydrogen) atoms. The summed E-state index contributed by atoms with van der Waals surface area (Å²) in [5.41, 5.74) is 0. The topological polar surface area (TPSA) is 85.2 Å². The maximum Gasteiger partial charge on any atom is 0.695 e. The molecular formula is C8H14BClO6P+. The number of aliphatic hydroxyl groups is 1. The van der Waals surface area contributed by atoms with E-state index < -0.39 is 32.6 Å². The summed E-state index contributed by atoms with van der Waals surface area (Å²) in [6.45, 7) is 0.247. The number of aliphatic hydroxyl groups excluding tert-OH is 1. The largest absolute Gasteiger partial charge is 0.695 e. The fourth-order valence-electron chi connectivity index (χ4n) is 1.59. The lowest BCUT2D eigenvalue weighted by Gasteiger charge is -2.18. The van der Waals surface area contributed by atoms with E-state index in [4.69, 9.17) is 43.4 Å². The second-order valence-corrected chi connectivity index (χ2v) is 4.51. The fourth-order valence-corrected chi connectivity index (χ4v) is 2.30. The minimum Gasteiger partial charge on any atom is -0.396 e. The molecular weight excluding hydrogens is 269 g/mol. The molecule has 0 aromatic heterocycles. The van der Waals surface area contributed by atoms with Crippen LogP contribution < -0.4 is 0 Å². The molecule has 0 amide bonds. The molecule has 96 valence electrons. The zero-order chi connectivity index (χ0) is 12.8. The van der Waals surface area contributed by atoms with Gasteiger partial charge in [-0.05, 0) is 6.42 Å². The molecule has 1 rings (SSSR count). The second kappa shape index (κ2) is 7.64. The minimum atomic E-state index is -2.78. The molecule has 2 unspecified atom stereocenters. The average Bonchev–Trinajstić information content (AvgIpc) is 2.56. The quantitative estimate of drug-likeness (QED) is 0.294. The minimum absolute atomic E-state index is 0.0124. The third-order valence-electron chi connectivity index (χ3n) is 2.32. The van der Waals surface area contributed by atoms with Gasteiger partial charge in [-0.25, -0.2) is 0 Å². The van der Waals surface area contributed by atoms with Crippen LogP contribution in [0, 0.1) is 0 Å². The standard InChI is InChI=1S/C8H13BClO6P/c9-8-7(14-3-1-2-11)6(16-17(12)13)5(4-10)15-8/h5-8,11H,1-4H2/p+1/t5-,6?,7+,8-/m1/s1. The Labute approximate surface area is 107 Å². The first kappa shape index (κ1) is 15.3. The van der Waals surface area contributed by atoms with Crippen molar-refractivity contribution in [3.63, 3.8) is 0 Å². The van der Waals surface area contributed by atoms with Crippen LogP contribution in [0.15, 0.2) is 0 Å². The normalized spacial score (nSPS) is 33.9. The predicted molar refractivity (Wildman–Crippen MR) is 61.3 cm³/mol. The Balaban J connectivity index is 2.58. The maximum atomic E-state index is 10.7. The summed E-state index contributed by atoms with van der Waals surface area (Å²) in [4.78, 5) is 8.75. The highest BCUT2D eigenvalue weighted by molar-refractivity contribution is 7.32. The van der Waals surface area contributed by atoms with E-state index in [9.17, 15) is 4.57 Å². The van der Waals surface area contributed by atoms with Crippen molar-refractivity contribution < 1.29 is 28.6 Å². The SMILES string of the molecule is [B][C@@H]1O[C@H](CCl)C(O[P+](=O)O)[C@@H]1OCCCO. The highest BCUT2D eigenvalue weighted by Gasteiger charge is 2.47. The second-order valence-electron chi connectivity index (χ2n) is 3.51. The third-order valence-corrected chi connectivity index (χ3v) is 3.05. The molecule has 2 N–H and O–H groups in total. The summed E-state index contributed by atoms with van der Waals surface area (Å²) >= 11 is 5.65. The van der Waals surface area contributed by atoms with Gasteiger partial charge in [0.15, 0.2) is 6.10 Å². The predicted octanol–water partition coefficient (Wildman–Crippen LogP) is -0.0789. The van der Waals surface area contributed by atoms with Crippen molar-refractivity contribution in [1.82, 2.24) is 0 Å². The van der Waals surface area contributed by atoms with Crippen molar-refractivity contribution in [1.29, 1.82) is 0 Å². The molecule has 0 aromatic rings. The highest BCUT2D eigenvalue weighted by atomic mass is 35.5. The monoisotopic (exact) mass is 283 g/mol. The van der Waals surface area contributed by atoms with E-state index in [1.165, 1.54) is 0 Å². The van der Waals surface area contributed by atoms with E-state index in [1.54, 1.807) is 0 Å². The van der Waals surface area contributed by atoms with Crippen LogP contribution in [0.4, 0.5) is 0 Å². The van der Waals surface area contributed by atoms with Crippen molar-refractivity contribution in [2.75, 3.05) is 19.1 Å². The van der Waals surface area contributed by atoms with Crippen molar-refractivity contribution in [3.8, 4) is 0 Å². The molecule has 1 fully saturated rings. The van der Waals surface area contributed by atoms with E-state index in [2.05, 4.69) is 0 Å². The number of halogens is 1.